The van der Waals surface area contributed by atoms with Crippen molar-refractivity contribution in [1.29, 1.82) is 5.41 Å². The maximum atomic E-state index is 10.7. The summed E-state index contributed by atoms with van der Waals surface area (Å²) < 4.78 is 0. The summed E-state index contributed by atoms with van der Waals surface area (Å²) in [7, 11) is 0. The molecule has 25 heavy (non-hydrogen) atoms. The third kappa shape index (κ3) is 4.54. The second-order valence-corrected chi connectivity index (χ2v) is 8.86. The van der Waals surface area contributed by atoms with Gasteiger partial charge in [-0.2, -0.15) is 5.10 Å². The number of hydrogen-bond acceptors (Lipinski definition) is 5. The summed E-state index contributed by atoms with van der Waals surface area (Å²) in [6.07, 6.45) is 5.15. The molecule has 0 fully saturated rings. The summed E-state index contributed by atoms with van der Waals surface area (Å²) >= 11 is 4.22. The van der Waals surface area contributed by atoms with Crippen molar-refractivity contribution in [3.8, 4) is 5.75 Å². The van der Waals surface area contributed by atoms with Crippen LogP contribution in [0.4, 0.5) is 5.69 Å². The molecule has 5 heteroatoms. The van der Waals surface area contributed by atoms with Crippen LogP contribution in [0.1, 0.15) is 52.7 Å². The number of anilines is 1. The van der Waals surface area contributed by atoms with E-state index in [9.17, 15) is 5.11 Å². The Morgan fingerprint density at radius 3 is 2.20 bits per heavy atom. The Morgan fingerprint density at radius 1 is 1.04 bits per heavy atom. The van der Waals surface area contributed by atoms with E-state index in [4.69, 9.17) is 5.41 Å². The van der Waals surface area contributed by atoms with Gasteiger partial charge in [-0.1, -0.05) is 47.6 Å². The number of aromatic hydroxyl groups is 1. The zero-order valence-electron chi connectivity index (χ0n) is 15.7. The minimum atomic E-state index is -0.198. The van der Waals surface area contributed by atoms with E-state index >= 15 is 0 Å². The van der Waals surface area contributed by atoms with Crippen LogP contribution in [0.25, 0.3) is 0 Å². The second kappa shape index (κ2) is 6.71. The molecule has 0 radical (unpaired) electrons. The molecule has 3 N–H and O–H groups in total. The van der Waals surface area contributed by atoms with Gasteiger partial charge in [-0.05, 0) is 40.7 Å². The maximum Gasteiger partial charge on any atom is 0.144 e. The summed E-state index contributed by atoms with van der Waals surface area (Å²) in [5.41, 5.74) is 6.00. The fraction of sp³-hybridized carbons (Fsp3) is 0.400. The van der Waals surface area contributed by atoms with Crippen LogP contribution in [0.3, 0.4) is 0 Å². The Kier molecular flexibility index (Phi) is 5.19. The first-order chi connectivity index (χ1) is 11.4. The van der Waals surface area contributed by atoms with Crippen LogP contribution in [0.15, 0.2) is 40.4 Å². The highest BCUT2D eigenvalue weighted by Crippen LogP contribution is 2.40. The molecule has 0 amide bonds. The summed E-state index contributed by atoms with van der Waals surface area (Å²) in [6.45, 7) is 12.6. The third-order valence-corrected chi connectivity index (χ3v) is 4.34. The lowest BCUT2D eigenvalue weighted by Gasteiger charge is -2.27. The Bertz CT molecular complexity index is 790. The van der Waals surface area contributed by atoms with E-state index in [1.54, 1.807) is 18.2 Å². The van der Waals surface area contributed by atoms with E-state index in [0.717, 1.165) is 16.0 Å². The van der Waals surface area contributed by atoms with Crippen molar-refractivity contribution in [2.45, 2.75) is 52.4 Å². The van der Waals surface area contributed by atoms with Crippen molar-refractivity contribution in [3.05, 3.63) is 46.4 Å². The molecule has 0 spiro atoms. The topological polar surface area (TPSA) is 68.5 Å². The molecular weight excluding hydrogens is 330 g/mol. The first-order valence-corrected chi connectivity index (χ1v) is 8.73. The monoisotopic (exact) mass is 357 g/mol. The highest BCUT2D eigenvalue weighted by atomic mass is 32.1. The Labute approximate surface area is 155 Å². The largest absolute Gasteiger partial charge is 0.505 e. The van der Waals surface area contributed by atoms with Crippen LogP contribution in [-0.4, -0.2) is 16.5 Å². The van der Waals surface area contributed by atoms with Crippen LogP contribution >= 0.6 is 12.6 Å². The number of phenolic OH excluding ortho intramolecular Hbond substituents is 1. The molecule has 1 aliphatic rings. The van der Waals surface area contributed by atoms with Crippen molar-refractivity contribution in [2.75, 3.05) is 5.43 Å². The van der Waals surface area contributed by atoms with Crippen LogP contribution < -0.4 is 5.43 Å². The molecule has 0 aliphatic heterocycles. The van der Waals surface area contributed by atoms with Crippen LogP contribution in [-0.2, 0) is 10.8 Å². The number of allylic oxidation sites excluding steroid dienone is 3. The summed E-state index contributed by atoms with van der Waals surface area (Å²) in [5, 5.41) is 23.0. The van der Waals surface area contributed by atoms with Crippen LogP contribution in [0, 0.1) is 5.41 Å². The van der Waals surface area contributed by atoms with Gasteiger partial charge in [0, 0.05) is 10.5 Å². The van der Waals surface area contributed by atoms with Crippen molar-refractivity contribution >= 4 is 29.7 Å². The minimum absolute atomic E-state index is 0.0572. The van der Waals surface area contributed by atoms with E-state index < -0.39 is 0 Å². The van der Waals surface area contributed by atoms with E-state index in [2.05, 4.69) is 70.8 Å². The fourth-order valence-electron chi connectivity index (χ4n) is 2.47. The van der Waals surface area contributed by atoms with E-state index in [1.165, 1.54) is 0 Å². The van der Waals surface area contributed by atoms with Gasteiger partial charge in [0.2, 0.25) is 0 Å². The highest BCUT2D eigenvalue weighted by molar-refractivity contribution is 7.84. The summed E-state index contributed by atoms with van der Waals surface area (Å²) in [5.74, 6) is 0.196. The number of hydrogen-bond donors (Lipinski definition) is 4. The Hall–Kier alpha value is -2.01. The quantitative estimate of drug-likeness (QED) is 0.256. The second-order valence-electron chi connectivity index (χ2n) is 8.35. The predicted molar refractivity (Wildman–Crippen MR) is 111 cm³/mol. The summed E-state index contributed by atoms with van der Waals surface area (Å²) in [4.78, 5) is 0.719. The van der Waals surface area contributed by atoms with Gasteiger partial charge in [0.15, 0.2) is 0 Å². The molecule has 4 nitrogen and oxygen atoms in total. The average molecular weight is 358 g/mol. The standard InChI is InChI=1S/C20H27N3OS/c1-19(2,3)12-9-14(20(4,5)6)18(24)17(10-12)23-22-16-8-7-13(25)11-15(16)21/h7-11,21,23-25H,1-6H3/b21-15?,22-16-. The van der Waals surface area contributed by atoms with Gasteiger partial charge >= 0.3 is 0 Å². The first-order valence-electron chi connectivity index (χ1n) is 8.29. The molecule has 134 valence electrons. The Balaban J connectivity index is 2.47. The molecule has 0 aromatic heterocycles. The van der Waals surface area contributed by atoms with Gasteiger partial charge in [-0.25, -0.2) is 0 Å². The molecule has 0 heterocycles. The van der Waals surface area contributed by atoms with E-state index in [-0.39, 0.29) is 22.3 Å². The minimum Gasteiger partial charge on any atom is -0.505 e. The lowest BCUT2D eigenvalue weighted by atomic mass is 9.80. The lowest BCUT2D eigenvalue weighted by molar-refractivity contribution is 0.446. The molecule has 1 aromatic rings. The zero-order chi connectivity index (χ0) is 19.0. The van der Waals surface area contributed by atoms with E-state index in [1.807, 2.05) is 6.07 Å². The highest BCUT2D eigenvalue weighted by Gasteiger charge is 2.25. The molecule has 1 aromatic carbocycles. The van der Waals surface area contributed by atoms with Crippen molar-refractivity contribution in [3.63, 3.8) is 0 Å². The van der Waals surface area contributed by atoms with Gasteiger partial charge in [0.05, 0.1) is 11.4 Å². The number of rotatable bonds is 2. The van der Waals surface area contributed by atoms with Crippen molar-refractivity contribution in [2.24, 2.45) is 5.10 Å². The van der Waals surface area contributed by atoms with E-state index in [0.29, 0.717) is 11.4 Å². The fourth-order valence-corrected chi connectivity index (χ4v) is 2.67. The van der Waals surface area contributed by atoms with Gasteiger partial charge in [-0.15, -0.1) is 12.6 Å². The Morgan fingerprint density at radius 2 is 1.68 bits per heavy atom. The molecule has 2 rings (SSSR count). The average Bonchev–Trinajstić information content (AvgIpc) is 2.45. The molecule has 0 unspecified atom stereocenters. The lowest BCUT2D eigenvalue weighted by Crippen LogP contribution is -2.18. The number of nitrogens with one attached hydrogen (secondary N) is 2. The number of benzene rings is 1. The molecule has 0 bridgehead atoms. The van der Waals surface area contributed by atoms with Crippen LogP contribution in [0.5, 0.6) is 5.75 Å². The van der Waals surface area contributed by atoms with Gasteiger partial charge < -0.3 is 5.11 Å². The number of hydrazone groups is 1. The van der Waals surface area contributed by atoms with Crippen molar-refractivity contribution in [1.82, 2.24) is 0 Å². The molecule has 0 saturated carbocycles. The smallest absolute Gasteiger partial charge is 0.144 e. The zero-order valence-corrected chi connectivity index (χ0v) is 16.6. The maximum absolute atomic E-state index is 10.7. The number of nitrogens with zero attached hydrogens (tertiary/aromatic N) is 1. The SMILES string of the molecule is CC(C)(C)c1cc(N/N=C2/C=CC(S)=CC2=N)c(O)c(C(C)(C)C)c1. The summed E-state index contributed by atoms with van der Waals surface area (Å²) in [6, 6.07) is 3.98. The normalized spacial score (nSPS) is 17.0. The molecule has 1 aliphatic carbocycles. The van der Waals surface area contributed by atoms with Crippen molar-refractivity contribution < 1.29 is 5.11 Å². The molecule has 0 saturated heterocycles. The number of phenols is 1. The van der Waals surface area contributed by atoms with Gasteiger partial charge in [-0.3, -0.25) is 10.8 Å². The predicted octanol–water partition coefficient (Wildman–Crippen LogP) is 5.16. The third-order valence-electron chi connectivity index (χ3n) is 4.06. The number of thiol groups is 1. The molecule has 0 atom stereocenters. The van der Waals surface area contributed by atoms with Gasteiger partial charge in [0.1, 0.15) is 11.5 Å². The van der Waals surface area contributed by atoms with Gasteiger partial charge in [0.25, 0.3) is 0 Å². The van der Waals surface area contributed by atoms with Crippen LogP contribution in [0.2, 0.25) is 0 Å². The first kappa shape index (κ1) is 19.3. The molecular formula is C20H27N3OS.